The molecule has 0 radical (unpaired) electrons. The van der Waals surface area contributed by atoms with E-state index < -0.39 is 0 Å². The van der Waals surface area contributed by atoms with Crippen molar-refractivity contribution in [3.8, 4) is 11.1 Å². The molecular formula is C30H29N3O3. The topological polar surface area (TPSA) is 69.7 Å². The lowest BCUT2D eigenvalue weighted by molar-refractivity contribution is -0.127. The third-order valence-electron chi connectivity index (χ3n) is 7.73. The summed E-state index contributed by atoms with van der Waals surface area (Å²) in [5, 5.41) is 3.15. The molecule has 1 aliphatic carbocycles. The summed E-state index contributed by atoms with van der Waals surface area (Å²) in [5.41, 5.74) is 6.60. The van der Waals surface area contributed by atoms with Crippen LogP contribution in [0.25, 0.3) is 11.1 Å². The molecule has 3 aromatic carbocycles. The molecule has 3 aromatic rings. The van der Waals surface area contributed by atoms with Gasteiger partial charge in [0, 0.05) is 43.3 Å². The zero-order valence-corrected chi connectivity index (χ0v) is 20.2. The Morgan fingerprint density at radius 3 is 2.36 bits per heavy atom. The minimum absolute atomic E-state index is 0.00566. The third-order valence-corrected chi connectivity index (χ3v) is 7.73. The molecule has 0 spiro atoms. The van der Waals surface area contributed by atoms with Gasteiger partial charge in [-0.05, 0) is 65.8 Å². The van der Waals surface area contributed by atoms with Crippen molar-refractivity contribution in [2.75, 3.05) is 24.5 Å². The minimum atomic E-state index is -0.355. The lowest BCUT2D eigenvalue weighted by atomic mass is 10.0. The van der Waals surface area contributed by atoms with E-state index in [1.807, 2.05) is 41.3 Å². The zero-order valence-electron chi connectivity index (χ0n) is 20.2. The van der Waals surface area contributed by atoms with E-state index in [4.69, 9.17) is 0 Å². The monoisotopic (exact) mass is 479 g/mol. The molecule has 2 saturated heterocycles. The third kappa shape index (κ3) is 4.17. The van der Waals surface area contributed by atoms with E-state index in [9.17, 15) is 14.4 Å². The maximum atomic E-state index is 13.0. The standard InChI is InChI=1S/C30H29N3O3/c34-28-18-23(19-33(28)25-10-11-27-22(17-25)16-21-8-4-5-9-26(21)27)29(35)31-24-12-14-32(15-13-24)30(36)20-6-2-1-3-7-20/h1-11,17,23-24H,12-16,18-19H2,(H,31,35). The SMILES string of the molecule is O=C(NC1CCN(C(=O)c2ccccc2)CC1)C1CC(=O)N(c2ccc3c(c2)Cc2ccccc2-3)C1. The average molecular weight is 480 g/mol. The Kier molecular flexibility index (Phi) is 5.80. The second kappa shape index (κ2) is 9.26. The van der Waals surface area contributed by atoms with Crippen molar-refractivity contribution in [2.45, 2.75) is 31.7 Å². The van der Waals surface area contributed by atoms with Gasteiger partial charge in [-0.3, -0.25) is 14.4 Å². The van der Waals surface area contributed by atoms with Crippen LogP contribution in [0.4, 0.5) is 5.69 Å². The van der Waals surface area contributed by atoms with Crippen molar-refractivity contribution in [2.24, 2.45) is 5.92 Å². The fourth-order valence-electron chi connectivity index (χ4n) is 5.74. The van der Waals surface area contributed by atoms with Gasteiger partial charge in [0.25, 0.3) is 5.91 Å². The smallest absolute Gasteiger partial charge is 0.253 e. The molecule has 6 nitrogen and oxygen atoms in total. The number of anilines is 1. The van der Waals surface area contributed by atoms with E-state index in [2.05, 4.69) is 41.7 Å². The Balaban J connectivity index is 1.05. The van der Waals surface area contributed by atoms with Crippen LogP contribution < -0.4 is 10.2 Å². The van der Waals surface area contributed by atoms with Crippen LogP contribution in [-0.4, -0.2) is 48.3 Å². The van der Waals surface area contributed by atoms with Crippen LogP contribution >= 0.6 is 0 Å². The molecule has 36 heavy (non-hydrogen) atoms. The van der Waals surface area contributed by atoms with Gasteiger partial charge in [-0.25, -0.2) is 0 Å². The van der Waals surface area contributed by atoms with Crippen LogP contribution in [-0.2, 0) is 16.0 Å². The molecule has 1 N–H and O–H groups in total. The van der Waals surface area contributed by atoms with Crippen LogP contribution in [0.2, 0.25) is 0 Å². The molecular weight excluding hydrogens is 450 g/mol. The van der Waals surface area contributed by atoms with Crippen molar-refractivity contribution in [3.63, 3.8) is 0 Å². The van der Waals surface area contributed by atoms with Gasteiger partial charge in [-0.1, -0.05) is 48.5 Å². The Labute approximate surface area is 210 Å². The van der Waals surface area contributed by atoms with Gasteiger partial charge >= 0.3 is 0 Å². The number of benzene rings is 3. The Hall–Kier alpha value is -3.93. The Morgan fingerprint density at radius 1 is 0.833 bits per heavy atom. The molecule has 1 atom stereocenters. The summed E-state index contributed by atoms with van der Waals surface area (Å²) < 4.78 is 0. The summed E-state index contributed by atoms with van der Waals surface area (Å²) in [4.78, 5) is 42.2. The fourth-order valence-corrected chi connectivity index (χ4v) is 5.74. The first-order valence-corrected chi connectivity index (χ1v) is 12.7. The number of hydrogen-bond donors (Lipinski definition) is 1. The molecule has 0 aromatic heterocycles. The average Bonchev–Trinajstić information content (AvgIpc) is 3.49. The highest BCUT2D eigenvalue weighted by Crippen LogP contribution is 2.39. The highest BCUT2D eigenvalue weighted by molar-refractivity contribution is 6.01. The summed E-state index contributed by atoms with van der Waals surface area (Å²) in [5.74, 6) is -0.386. The first-order chi connectivity index (χ1) is 17.6. The number of nitrogens with zero attached hydrogens (tertiary/aromatic N) is 2. The normalized spacial score (nSPS) is 19.2. The number of nitrogens with one attached hydrogen (secondary N) is 1. The maximum Gasteiger partial charge on any atom is 0.253 e. The van der Waals surface area contributed by atoms with Crippen molar-refractivity contribution in [1.29, 1.82) is 0 Å². The second-order valence-corrected chi connectivity index (χ2v) is 10.0. The maximum absolute atomic E-state index is 13.0. The first kappa shape index (κ1) is 22.5. The number of carbonyl (C=O) groups excluding carboxylic acids is 3. The lowest BCUT2D eigenvalue weighted by Crippen LogP contribution is -2.48. The summed E-state index contributed by atoms with van der Waals surface area (Å²) in [6, 6.07) is 23.9. The van der Waals surface area contributed by atoms with Crippen LogP contribution in [0.5, 0.6) is 0 Å². The van der Waals surface area contributed by atoms with Gasteiger partial charge in [0.1, 0.15) is 0 Å². The number of rotatable bonds is 4. The molecule has 2 aliphatic heterocycles. The lowest BCUT2D eigenvalue weighted by Gasteiger charge is -2.33. The van der Waals surface area contributed by atoms with Crippen LogP contribution in [0.15, 0.2) is 72.8 Å². The number of amides is 3. The molecule has 3 amide bonds. The van der Waals surface area contributed by atoms with Crippen LogP contribution in [0.1, 0.15) is 40.7 Å². The highest BCUT2D eigenvalue weighted by Gasteiger charge is 2.37. The van der Waals surface area contributed by atoms with Gasteiger partial charge in [0.2, 0.25) is 11.8 Å². The molecule has 0 saturated carbocycles. The van der Waals surface area contributed by atoms with Crippen LogP contribution in [0.3, 0.4) is 0 Å². The summed E-state index contributed by atoms with van der Waals surface area (Å²) in [7, 11) is 0. The van der Waals surface area contributed by atoms with Crippen LogP contribution in [0, 0.1) is 5.92 Å². The largest absolute Gasteiger partial charge is 0.353 e. The second-order valence-electron chi connectivity index (χ2n) is 10.0. The van der Waals surface area contributed by atoms with Crippen molar-refractivity contribution in [1.82, 2.24) is 10.2 Å². The van der Waals surface area contributed by atoms with Gasteiger partial charge < -0.3 is 15.1 Å². The van der Waals surface area contributed by atoms with Crippen molar-refractivity contribution >= 4 is 23.4 Å². The molecule has 6 rings (SSSR count). The molecule has 182 valence electrons. The Morgan fingerprint density at radius 2 is 1.56 bits per heavy atom. The van der Waals surface area contributed by atoms with Gasteiger partial charge in [-0.2, -0.15) is 0 Å². The summed E-state index contributed by atoms with van der Waals surface area (Å²) in [6.45, 7) is 1.64. The van der Waals surface area contributed by atoms with E-state index in [0.717, 1.165) is 24.9 Å². The summed E-state index contributed by atoms with van der Waals surface area (Å²) in [6.07, 6.45) is 2.55. The summed E-state index contributed by atoms with van der Waals surface area (Å²) >= 11 is 0. The zero-order chi connectivity index (χ0) is 24.6. The number of hydrogen-bond acceptors (Lipinski definition) is 3. The number of fused-ring (bicyclic) bond motifs is 3. The van der Waals surface area contributed by atoms with Gasteiger partial charge in [-0.15, -0.1) is 0 Å². The number of piperidine rings is 1. The molecule has 1 unspecified atom stereocenters. The van der Waals surface area contributed by atoms with E-state index in [-0.39, 0.29) is 36.1 Å². The van der Waals surface area contributed by atoms with E-state index in [1.165, 1.54) is 22.3 Å². The quantitative estimate of drug-likeness (QED) is 0.481. The fraction of sp³-hybridized carbons (Fsp3) is 0.300. The van der Waals surface area contributed by atoms with Gasteiger partial charge in [0.05, 0.1) is 5.92 Å². The van der Waals surface area contributed by atoms with E-state index >= 15 is 0 Å². The molecule has 0 bridgehead atoms. The minimum Gasteiger partial charge on any atom is -0.353 e. The molecule has 2 fully saturated rings. The van der Waals surface area contributed by atoms with E-state index in [1.54, 1.807) is 4.90 Å². The van der Waals surface area contributed by atoms with Crippen molar-refractivity contribution in [3.05, 3.63) is 89.5 Å². The molecule has 3 aliphatic rings. The van der Waals surface area contributed by atoms with Crippen molar-refractivity contribution < 1.29 is 14.4 Å². The number of likely N-dealkylation sites (tertiary alicyclic amines) is 1. The molecule has 6 heteroatoms. The van der Waals surface area contributed by atoms with Gasteiger partial charge in [0.15, 0.2) is 0 Å². The predicted octanol–water partition coefficient (Wildman–Crippen LogP) is 4.03. The number of carbonyl (C=O) groups is 3. The predicted molar refractivity (Wildman–Crippen MR) is 139 cm³/mol. The van der Waals surface area contributed by atoms with E-state index in [0.29, 0.717) is 25.2 Å². The first-order valence-electron chi connectivity index (χ1n) is 12.7. The highest BCUT2D eigenvalue weighted by atomic mass is 16.2. The Bertz CT molecular complexity index is 1330. The molecule has 2 heterocycles.